The number of allylic oxidation sites excluding steroid dienone is 2. The minimum absolute atomic E-state index is 0.00636. The first-order valence-corrected chi connectivity index (χ1v) is 11.6. The number of rotatable bonds is 10. The van der Waals surface area contributed by atoms with E-state index in [2.05, 4.69) is 5.32 Å². The summed E-state index contributed by atoms with van der Waals surface area (Å²) >= 11 is 0. The van der Waals surface area contributed by atoms with Gasteiger partial charge in [0.05, 0.1) is 11.8 Å². The fourth-order valence-electron chi connectivity index (χ4n) is 4.35. The minimum atomic E-state index is -0.754. The Bertz CT molecular complexity index is 889. The van der Waals surface area contributed by atoms with E-state index in [1.54, 1.807) is 19.1 Å². The van der Waals surface area contributed by atoms with Crippen LogP contribution in [-0.4, -0.2) is 52.6 Å². The number of amides is 4. The summed E-state index contributed by atoms with van der Waals surface area (Å²) in [6, 6.07) is 5.00. The smallest absolute Gasteiger partial charge is 0.242 e. The fraction of sp³-hybridized carbons (Fsp3) is 0.520. The second-order valence-electron chi connectivity index (χ2n) is 8.70. The third-order valence-corrected chi connectivity index (χ3v) is 6.41. The predicted octanol–water partition coefficient (Wildman–Crippen LogP) is 2.80. The SMILES string of the molecule is CCCCNC(=O)[C@H](C)N(Cc1ccc(F)cc1)C(=O)CCN1C(=O)[C@H]2CC=CC[C@H]2C1=O. The Morgan fingerprint density at radius 2 is 1.73 bits per heavy atom. The molecule has 1 saturated heterocycles. The molecular weight excluding hydrogens is 425 g/mol. The Balaban J connectivity index is 1.68. The van der Waals surface area contributed by atoms with Gasteiger partial charge in [-0.25, -0.2) is 4.39 Å². The van der Waals surface area contributed by atoms with Crippen LogP contribution in [0.3, 0.4) is 0 Å². The third kappa shape index (κ3) is 5.86. The number of nitrogens with zero attached hydrogens (tertiary/aromatic N) is 2. The van der Waals surface area contributed by atoms with Gasteiger partial charge in [-0.1, -0.05) is 37.6 Å². The summed E-state index contributed by atoms with van der Waals surface area (Å²) < 4.78 is 13.3. The van der Waals surface area contributed by atoms with Gasteiger partial charge >= 0.3 is 0 Å². The summed E-state index contributed by atoms with van der Waals surface area (Å²) in [5.74, 6) is -2.12. The molecule has 4 amide bonds. The summed E-state index contributed by atoms with van der Waals surface area (Å²) in [4.78, 5) is 53.8. The molecule has 8 heteroatoms. The molecule has 7 nitrogen and oxygen atoms in total. The minimum Gasteiger partial charge on any atom is -0.354 e. The third-order valence-electron chi connectivity index (χ3n) is 6.41. The molecule has 1 aliphatic heterocycles. The largest absolute Gasteiger partial charge is 0.354 e. The van der Waals surface area contributed by atoms with Gasteiger partial charge in [0, 0.05) is 26.1 Å². The van der Waals surface area contributed by atoms with Crippen LogP contribution in [0, 0.1) is 17.7 Å². The Morgan fingerprint density at radius 1 is 1.12 bits per heavy atom. The predicted molar refractivity (Wildman–Crippen MR) is 121 cm³/mol. The van der Waals surface area contributed by atoms with Crippen LogP contribution >= 0.6 is 0 Å². The second-order valence-corrected chi connectivity index (χ2v) is 8.70. The first kappa shape index (κ1) is 24.6. The highest BCUT2D eigenvalue weighted by atomic mass is 19.1. The normalized spacial score (nSPS) is 20.5. The van der Waals surface area contributed by atoms with Crippen LogP contribution in [0.2, 0.25) is 0 Å². The molecule has 0 aromatic heterocycles. The van der Waals surface area contributed by atoms with Crippen molar-refractivity contribution < 1.29 is 23.6 Å². The number of unbranched alkanes of at least 4 members (excludes halogenated alkanes) is 1. The Kier molecular flexibility index (Phi) is 8.36. The lowest BCUT2D eigenvalue weighted by Crippen LogP contribution is -2.48. The maximum atomic E-state index is 13.3. The van der Waals surface area contributed by atoms with Crippen LogP contribution in [0.15, 0.2) is 36.4 Å². The van der Waals surface area contributed by atoms with Gasteiger partial charge in [-0.05, 0) is 43.9 Å². The zero-order valence-corrected chi connectivity index (χ0v) is 19.3. The molecule has 1 aromatic rings. The highest BCUT2D eigenvalue weighted by Gasteiger charge is 2.47. The van der Waals surface area contributed by atoms with Gasteiger partial charge in [0.1, 0.15) is 11.9 Å². The number of likely N-dealkylation sites (tertiary alicyclic amines) is 1. The van der Waals surface area contributed by atoms with E-state index < -0.39 is 6.04 Å². The quantitative estimate of drug-likeness (QED) is 0.333. The lowest BCUT2D eigenvalue weighted by atomic mass is 9.85. The molecule has 3 atom stereocenters. The molecule has 1 heterocycles. The molecule has 0 spiro atoms. The number of imide groups is 1. The molecule has 0 unspecified atom stereocenters. The topological polar surface area (TPSA) is 86.8 Å². The summed E-state index contributed by atoms with van der Waals surface area (Å²) in [5, 5.41) is 2.84. The highest BCUT2D eigenvalue weighted by molar-refractivity contribution is 6.05. The van der Waals surface area contributed by atoms with E-state index in [1.165, 1.54) is 21.9 Å². The molecule has 33 heavy (non-hydrogen) atoms. The molecule has 1 N–H and O–H groups in total. The number of nitrogens with one attached hydrogen (secondary N) is 1. The first-order valence-electron chi connectivity index (χ1n) is 11.6. The number of halogens is 1. The molecular formula is C25H32FN3O4. The molecule has 0 saturated carbocycles. The molecule has 1 aliphatic carbocycles. The maximum Gasteiger partial charge on any atom is 0.242 e. The number of benzene rings is 1. The summed E-state index contributed by atoms with van der Waals surface area (Å²) in [6.45, 7) is 4.31. The van der Waals surface area contributed by atoms with E-state index >= 15 is 0 Å². The van der Waals surface area contributed by atoms with Crippen LogP contribution in [0.1, 0.15) is 51.5 Å². The van der Waals surface area contributed by atoms with Gasteiger partial charge in [-0.2, -0.15) is 0 Å². The maximum absolute atomic E-state index is 13.3. The monoisotopic (exact) mass is 457 g/mol. The van der Waals surface area contributed by atoms with Gasteiger partial charge in [0.15, 0.2) is 0 Å². The number of hydrogen-bond acceptors (Lipinski definition) is 4. The van der Waals surface area contributed by atoms with Crippen molar-refractivity contribution in [2.24, 2.45) is 11.8 Å². The van der Waals surface area contributed by atoms with E-state index in [0.717, 1.165) is 12.8 Å². The first-order chi connectivity index (χ1) is 15.8. The Labute approximate surface area is 194 Å². The molecule has 1 fully saturated rings. The van der Waals surface area contributed by atoms with Crippen LogP contribution in [0.4, 0.5) is 4.39 Å². The average molecular weight is 458 g/mol. The molecule has 0 bridgehead atoms. The second kappa shape index (κ2) is 11.2. The van der Waals surface area contributed by atoms with Gasteiger partial charge in [0.2, 0.25) is 23.6 Å². The van der Waals surface area contributed by atoms with Crippen LogP contribution in [0.5, 0.6) is 0 Å². The van der Waals surface area contributed by atoms with E-state index in [9.17, 15) is 23.6 Å². The highest BCUT2D eigenvalue weighted by Crippen LogP contribution is 2.35. The van der Waals surface area contributed by atoms with Crippen molar-refractivity contribution in [1.29, 1.82) is 0 Å². The number of carbonyl (C=O) groups is 4. The molecule has 3 rings (SSSR count). The average Bonchev–Trinajstić information content (AvgIpc) is 3.06. The van der Waals surface area contributed by atoms with Crippen LogP contribution < -0.4 is 5.32 Å². The van der Waals surface area contributed by atoms with E-state index in [1.807, 2.05) is 19.1 Å². The van der Waals surface area contributed by atoms with E-state index in [-0.39, 0.29) is 60.8 Å². The molecule has 178 valence electrons. The number of fused-ring (bicyclic) bond motifs is 1. The molecule has 1 aromatic carbocycles. The molecule has 0 radical (unpaired) electrons. The van der Waals surface area contributed by atoms with Crippen LogP contribution in [0.25, 0.3) is 0 Å². The Hall–Kier alpha value is -3.03. The van der Waals surface area contributed by atoms with Crippen molar-refractivity contribution in [3.8, 4) is 0 Å². The van der Waals surface area contributed by atoms with Gasteiger partial charge in [-0.3, -0.25) is 24.1 Å². The van der Waals surface area contributed by atoms with Crippen molar-refractivity contribution in [3.63, 3.8) is 0 Å². The summed E-state index contributed by atoms with van der Waals surface area (Å²) in [7, 11) is 0. The summed E-state index contributed by atoms with van der Waals surface area (Å²) in [6.07, 6.45) is 6.63. The zero-order valence-electron chi connectivity index (χ0n) is 19.3. The van der Waals surface area contributed by atoms with Gasteiger partial charge in [0.25, 0.3) is 0 Å². The zero-order chi connectivity index (χ0) is 24.0. The van der Waals surface area contributed by atoms with Crippen LogP contribution in [-0.2, 0) is 25.7 Å². The standard InChI is InChI=1S/C25H32FN3O4/c1-3-4-14-27-23(31)17(2)29(16-18-9-11-19(26)12-10-18)22(30)13-15-28-24(32)20-7-5-6-8-21(20)25(28)33/h5-6,9-12,17,20-21H,3-4,7-8,13-16H2,1-2H3,(H,27,31)/t17-,20-,21+/m0/s1. The van der Waals surface area contributed by atoms with E-state index in [0.29, 0.717) is 24.9 Å². The van der Waals surface area contributed by atoms with Crippen molar-refractivity contribution >= 4 is 23.6 Å². The van der Waals surface area contributed by atoms with E-state index in [4.69, 9.17) is 0 Å². The number of hydrogen-bond donors (Lipinski definition) is 1. The van der Waals surface area contributed by atoms with Crippen molar-refractivity contribution in [3.05, 3.63) is 47.8 Å². The molecule has 2 aliphatic rings. The lowest BCUT2D eigenvalue weighted by molar-refractivity contribution is -0.143. The summed E-state index contributed by atoms with van der Waals surface area (Å²) in [5.41, 5.74) is 0.684. The lowest BCUT2D eigenvalue weighted by Gasteiger charge is -2.29. The van der Waals surface area contributed by atoms with Crippen molar-refractivity contribution in [1.82, 2.24) is 15.1 Å². The van der Waals surface area contributed by atoms with Gasteiger partial charge in [-0.15, -0.1) is 0 Å². The van der Waals surface area contributed by atoms with Crippen molar-refractivity contribution in [2.75, 3.05) is 13.1 Å². The fourth-order valence-corrected chi connectivity index (χ4v) is 4.35. The van der Waals surface area contributed by atoms with Gasteiger partial charge < -0.3 is 10.2 Å². The Morgan fingerprint density at radius 3 is 2.30 bits per heavy atom. The van der Waals surface area contributed by atoms with Crippen molar-refractivity contribution in [2.45, 2.75) is 58.5 Å². The number of carbonyl (C=O) groups excluding carboxylic acids is 4.